The number of benzene rings is 2. The van der Waals surface area contributed by atoms with Crippen molar-refractivity contribution in [1.29, 1.82) is 0 Å². The number of hydrazine groups is 1. The Labute approximate surface area is 132 Å². The smallest absolute Gasteiger partial charge is 0.337 e. The highest BCUT2D eigenvalue weighted by atomic mass is 19.1. The van der Waals surface area contributed by atoms with E-state index in [2.05, 4.69) is 16.2 Å². The second kappa shape index (κ2) is 7.79. The van der Waals surface area contributed by atoms with Crippen LogP contribution in [0.2, 0.25) is 0 Å². The zero-order valence-electron chi connectivity index (χ0n) is 12.4. The molecule has 0 heterocycles. The molecule has 6 nitrogen and oxygen atoms in total. The summed E-state index contributed by atoms with van der Waals surface area (Å²) in [5.74, 6) is -0.155. The van der Waals surface area contributed by atoms with E-state index in [4.69, 9.17) is 4.74 Å². The Bertz CT molecular complexity index is 689. The summed E-state index contributed by atoms with van der Waals surface area (Å²) < 4.78 is 18.0. The molecule has 0 aromatic heterocycles. The summed E-state index contributed by atoms with van der Waals surface area (Å²) in [5, 5.41) is 2.40. The van der Waals surface area contributed by atoms with Gasteiger partial charge in [0, 0.05) is 5.69 Å². The molecule has 0 aliphatic heterocycles. The average molecular weight is 317 g/mol. The van der Waals surface area contributed by atoms with Crippen molar-refractivity contribution in [2.45, 2.75) is 6.42 Å². The summed E-state index contributed by atoms with van der Waals surface area (Å²) in [6, 6.07) is 11.8. The molecule has 2 rings (SSSR count). The van der Waals surface area contributed by atoms with Crippen LogP contribution >= 0.6 is 0 Å². The van der Waals surface area contributed by atoms with Gasteiger partial charge >= 0.3 is 6.03 Å². The first-order valence-corrected chi connectivity index (χ1v) is 6.81. The third-order valence-electron chi connectivity index (χ3n) is 2.92. The number of anilines is 1. The lowest BCUT2D eigenvalue weighted by atomic mass is 10.1. The lowest BCUT2D eigenvalue weighted by molar-refractivity contribution is -0.121. The molecule has 3 amide bonds. The number of hydrogen-bond donors (Lipinski definition) is 3. The molecule has 2 aromatic rings. The maximum Gasteiger partial charge on any atom is 0.337 e. The van der Waals surface area contributed by atoms with Crippen molar-refractivity contribution in [3.05, 3.63) is 59.9 Å². The maximum absolute atomic E-state index is 13.0. The van der Waals surface area contributed by atoms with Crippen LogP contribution in [0.25, 0.3) is 0 Å². The highest BCUT2D eigenvalue weighted by molar-refractivity contribution is 5.91. The molecule has 0 atom stereocenters. The van der Waals surface area contributed by atoms with Crippen LogP contribution in [-0.4, -0.2) is 19.0 Å². The predicted molar refractivity (Wildman–Crippen MR) is 83.4 cm³/mol. The molecule has 0 aliphatic carbocycles. The summed E-state index contributed by atoms with van der Waals surface area (Å²) >= 11 is 0. The number of methoxy groups -OCH3 is 1. The van der Waals surface area contributed by atoms with Crippen molar-refractivity contribution in [2.75, 3.05) is 12.4 Å². The molecule has 3 N–H and O–H groups in total. The molecule has 2 aromatic carbocycles. The highest BCUT2D eigenvalue weighted by Crippen LogP contribution is 2.11. The molecular weight excluding hydrogens is 301 g/mol. The Kier molecular flexibility index (Phi) is 5.51. The van der Waals surface area contributed by atoms with Crippen molar-refractivity contribution in [3.63, 3.8) is 0 Å². The molecule has 0 unspecified atom stereocenters. The number of carbonyl (C=O) groups is 2. The van der Waals surface area contributed by atoms with Crippen LogP contribution in [0.15, 0.2) is 48.5 Å². The average Bonchev–Trinajstić information content (AvgIpc) is 2.54. The Balaban J connectivity index is 1.78. The van der Waals surface area contributed by atoms with E-state index in [0.29, 0.717) is 5.75 Å². The Morgan fingerprint density at radius 3 is 2.48 bits per heavy atom. The van der Waals surface area contributed by atoms with Gasteiger partial charge in [-0.2, -0.15) is 0 Å². The largest absolute Gasteiger partial charge is 0.497 e. The molecule has 0 bridgehead atoms. The number of urea groups is 1. The van der Waals surface area contributed by atoms with Gasteiger partial charge in [0.15, 0.2) is 0 Å². The van der Waals surface area contributed by atoms with E-state index in [1.54, 1.807) is 31.4 Å². The fourth-order valence-corrected chi connectivity index (χ4v) is 1.83. The molecule has 0 saturated carbocycles. The summed E-state index contributed by atoms with van der Waals surface area (Å²) in [7, 11) is 1.56. The van der Waals surface area contributed by atoms with Gasteiger partial charge in [0.1, 0.15) is 11.6 Å². The van der Waals surface area contributed by atoms with E-state index in [0.717, 1.165) is 5.56 Å². The van der Waals surface area contributed by atoms with Gasteiger partial charge in [0.2, 0.25) is 5.91 Å². The molecule has 0 aliphatic rings. The summed E-state index contributed by atoms with van der Waals surface area (Å²) in [4.78, 5) is 23.3. The van der Waals surface area contributed by atoms with E-state index in [-0.39, 0.29) is 18.0 Å². The number of ether oxygens (including phenoxy) is 1. The van der Waals surface area contributed by atoms with Gasteiger partial charge in [-0.25, -0.2) is 14.6 Å². The van der Waals surface area contributed by atoms with Crippen LogP contribution < -0.4 is 20.9 Å². The van der Waals surface area contributed by atoms with Gasteiger partial charge in [-0.3, -0.25) is 10.2 Å². The second-order valence-electron chi connectivity index (χ2n) is 4.66. The lowest BCUT2D eigenvalue weighted by Crippen LogP contribution is -2.44. The van der Waals surface area contributed by atoms with Crippen molar-refractivity contribution in [2.24, 2.45) is 0 Å². The standard InChI is InChI=1S/C16H16FN3O3/c1-23-14-7-5-11(6-8-14)9-15(21)19-20-16(22)18-13-4-2-3-12(17)10-13/h2-8,10H,9H2,1H3,(H,19,21)(H2,18,20,22). The van der Waals surface area contributed by atoms with Crippen LogP contribution in [0.3, 0.4) is 0 Å². The summed E-state index contributed by atoms with van der Waals surface area (Å²) in [6.45, 7) is 0. The van der Waals surface area contributed by atoms with Crippen molar-refractivity contribution in [3.8, 4) is 5.75 Å². The number of nitrogens with one attached hydrogen (secondary N) is 3. The number of halogens is 1. The van der Waals surface area contributed by atoms with E-state index in [1.807, 2.05) is 0 Å². The first-order valence-electron chi connectivity index (χ1n) is 6.81. The van der Waals surface area contributed by atoms with Gasteiger partial charge < -0.3 is 10.1 Å². The normalized spacial score (nSPS) is 9.83. The van der Waals surface area contributed by atoms with Gasteiger partial charge in [-0.15, -0.1) is 0 Å². The van der Waals surface area contributed by atoms with Crippen molar-refractivity contribution >= 4 is 17.6 Å². The van der Waals surface area contributed by atoms with E-state index < -0.39 is 11.8 Å². The van der Waals surface area contributed by atoms with Crippen molar-refractivity contribution < 1.29 is 18.7 Å². The van der Waals surface area contributed by atoms with Gasteiger partial charge in [0.25, 0.3) is 0 Å². The van der Waals surface area contributed by atoms with Gasteiger partial charge in [0.05, 0.1) is 13.5 Å². The molecule has 0 radical (unpaired) electrons. The quantitative estimate of drug-likeness (QED) is 0.757. The molecule has 0 spiro atoms. The van der Waals surface area contributed by atoms with Crippen LogP contribution in [0.4, 0.5) is 14.9 Å². The zero-order valence-corrected chi connectivity index (χ0v) is 12.4. The minimum Gasteiger partial charge on any atom is -0.497 e. The first-order chi connectivity index (χ1) is 11.1. The molecule has 7 heteroatoms. The van der Waals surface area contributed by atoms with E-state index >= 15 is 0 Å². The molecule has 120 valence electrons. The van der Waals surface area contributed by atoms with Crippen LogP contribution in [0.1, 0.15) is 5.56 Å². The predicted octanol–water partition coefficient (Wildman–Crippen LogP) is 2.23. The molecular formula is C16H16FN3O3. The van der Waals surface area contributed by atoms with Crippen LogP contribution in [0, 0.1) is 5.82 Å². The highest BCUT2D eigenvalue weighted by Gasteiger charge is 2.06. The van der Waals surface area contributed by atoms with Crippen LogP contribution in [-0.2, 0) is 11.2 Å². The minimum atomic E-state index is -0.668. The minimum absolute atomic E-state index is 0.101. The zero-order chi connectivity index (χ0) is 16.7. The summed E-state index contributed by atoms with van der Waals surface area (Å²) in [5.41, 5.74) is 5.52. The Hall–Kier alpha value is -3.09. The number of amides is 3. The van der Waals surface area contributed by atoms with E-state index in [9.17, 15) is 14.0 Å². The van der Waals surface area contributed by atoms with E-state index in [1.165, 1.54) is 24.3 Å². The third kappa shape index (κ3) is 5.31. The fourth-order valence-electron chi connectivity index (χ4n) is 1.83. The third-order valence-corrected chi connectivity index (χ3v) is 2.92. The second-order valence-corrected chi connectivity index (χ2v) is 4.66. The topological polar surface area (TPSA) is 79.5 Å². The Morgan fingerprint density at radius 1 is 1.09 bits per heavy atom. The molecule has 0 fully saturated rings. The molecule has 23 heavy (non-hydrogen) atoms. The Morgan fingerprint density at radius 2 is 1.83 bits per heavy atom. The first kappa shape index (κ1) is 16.3. The number of carbonyl (C=O) groups excluding carboxylic acids is 2. The lowest BCUT2D eigenvalue weighted by Gasteiger charge is -2.09. The van der Waals surface area contributed by atoms with Crippen molar-refractivity contribution in [1.82, 2.24) is 10.9 Å². The van der Waals surface area contributed by atoms with Gasteiger partial charge in [-0.1, -0.05) is 18.2 Å². The number of rotatable bonds is 4. The number of hydrogen-bond acceptors (Lipinski definition) is 3. The molecule has 0 saturated heterocycles. The monoisotopic (exact) mass is 317 g/mol. The van der Waals surface area contributed by atoms with Crippen LogP contribution in [0.5, 0.6) is 5.75 Å². The fraction of sp³-hybridized carbons (Fsp3) is 0.125. The SMILES string of the molecule is COc1ccc(CC(=O)NNC(=O)Nc2cccc(F)c2)cc1. The summed E-state index contributed by atoms with van der Waals surface area (Å²) in [6.07, 6.45) is 0.101. The maximum atomic E-state index is 13.0. The van der Waals surface area contributed by atoms with Gasteiger partial charge in [-0.05, 0) is 35.9 Å².